The van der Waals surface area contributed by atoms with Gasteiger partial charge in [-0.2, -0.15) is 5.10 Å². The van der Waals surface area contributed by atoms with Crippen LogP contribution in [-0.2, 0) is 16.0 Å². The van der Waals surface area contributed by atoms with Crippen molar-refractivity contribution in [1.29, 1.82) is 0 Å². The van der Waals surface area contributed by atoms with Crippen LogP contribution in [0.2, 0.25) is 0 Å². The average Bonchev–Trinajstić information content (AvgIpc) is 3.01. The van der Waals surface area contributed by atoms with Crippen LogP contribution in [-0.4, -0.2) is 67.0 Å². The lowest BCUT2D eigenvalue weighted by molar-refractivity contribution is -0.884. The zero-order valence-electron chi connectivity index (χ0n) is 17.6. The van der Waals surface area contributed by atoms with Crippen LogP contribution in [0.25, 0.3) is 5.69 Å². The van der Waals surface area contributed by atoms with E-state index < -0.39 is 0 Å². The van der Waals surface area contributed by atoms with E-state index in [2.05, 4.69) is 17.6 Å². The monoisotopic (exact) mass is 400 g/mol. The molecule has 0 spiro atoms. The molecule has 1 aliphatic rings. The first-order valence-electron chi connectivity index (χ1n) is 9.98. The molecule has 0 radical (unpaired) electrons. The number of methoxy groups -OCH3 is 1. The van der Waals surface area contributed by atoms with Gasteiger partial charge in [0.1, 0.15) is 0 Å². The number of esters is 1. The van der Waals surface area contributed by atoms with Crippen LogP contribution >= 0.6 is 0 Å². The molecule has 1 aromatic heterocycles. The van der Waals surface area contributed by atoms with Gasteiger partial charge in [0.2, 0.25) is 0 Å². The number of quaternary nitrogens is 1. The van der Waals surface area contributed by atoms with E-state index in [0.717, 1.165) is 48.8 Å². The van der Waals surface area contributed by atoms with E-state index in [9.17, 15) is 9.59 Å². The van der Waals surface area contributed by atoms with E-state index in [-0.39, 0.29) is 11.9 Å². The first kappa shape index (κ1) is 21.0. The number of nitrogens with zero attached hydrogens (tertiary/aromatic N) is 3. The fraction of sp³-hybridized carbons (Fsp3) is 0.476. The van der Waals surface area contributed by atoms with Gasteiger partial charge in [-0.15, -0.1) is 0 Å². The van der Waals surface area contributed by atoms with Crippen molar-refractivity contribution in [3.8, 4) is 5.69 Å². The van der Waals surface area contributed by atoms with Crippen LogP contribution in [0, 0.1) is 13.8 Å². The fourth-order valence-electron chi connectivity index (χ4n) is 3.58. The molecule has 0 aliphatic carbocycles. The van der Waals surface area contributed by atoms with Crippen LogP contribution < -0.4 is 10.3 Å². The molecule has 8 nitrogen and oxygen atoms in total. The first-order chi connectivity index (χ1) is 13.9. The molecule has 1 saturated heterocycles. The Bertz CT molecular complexity index is 867. The maximum Gasteiger partial charge on any atom is 0.305 e. The summed E-state index contributed by atoms with van der Waals surface area (Å²) in [5.74, 6) is -0.322. The molecule has 29 heavy (non-hydrogen) atoms. The fourth-order valence-corrected chi connectivity index (χ4v) is 3.58. The number of carbonyl (C=O) groups excluding carboxylic acids is 2. The Labute approximate surface area is 171 Å². The number of aryl methyl sites for hydroxylation is 1. The Morgan fingerprint density at radius 2 is 1.83 bits per heavy atom. The summed E-state index contributed by atoms with van der Waals surface area (Å²) in [4.78, 5) is 25.5. The number of rotatable bonds is 6. The highest BCUT2D eigenvalue weighted by molar-refractivity contribution is 5.94. The summed E-state index contributed by atoms with van der Waals surface area (Å²) in [6.45, 7) is 7.69. The van der Waals surface area contributed by atoms with Gasteiger partial charge >= 0.3 is 5.97 Å². The van der Waals surface area contributed by atoms with E-state index in [1.807, 2.05) is 47.8 Å². The molecule has 156 valence electrons. The minimum Gasteiger partial charge on any atom is -0.469 e. The predicted molar refractivity (Wildman–Crippen MR) is 109 cm³/mol. The lowest BCUT2D eigenvalue weighted by Gasteiger charge is -2.30. The van der Waals surface area contributed by atoms with Crippen LogP contribution in [0.1, 0.15) is 33.7 Å². The number of benzene rings is 1. The van der Waals surface area contributed by atoms with Crippen LogP contribution in [0.15, 0.2) is 24.3 Å². The highest BCUT2D eigenvalue weighted by Gasteiger charge is 2.19. The zero-order chi connectivity index (χ0) is 21.0. The van der Waals surface area contributed by atoms with Gasteiger partial charge in [-0.05, 0) is 50.1 Å². The van der Waals surface area contributed by atoms with Crippen molar-refractivity contribution in [2.24, 2.45) is 0 Å². The van der Waals surface area contributed by atoms with Gasteiger partial charge in [0, 0.05) is 17.7 Å². The molecule has 3 rings (SSSR count). The van der Waals surface area contributed by atoms with Gasteiger partial charge in [0.05, 0.1) is 51.7 Å². The van der Waals surface area contributed by atoms with Gasteiger partial charge in [-0.1, -0.05) is 0 Å². The molecule has 2 heterocycles. The van der Waals surface area contributed by atoms with Gasteiger partial charge in [0.25, 0.3) is 5.91 Å². The second kappa shape index (κ2) is 9.19. The van der Waals surface area contributed by atoms with Crippen LogP contribution in [0.4, 0.5) is 0 Å². The third-order valence-electron chi connectivity index (χ3n) is 5.50. The standard InChI is InChI=1S/C21H29N5O3/c1-15-19(9-10-20(27)29-4)16(2)26(22-15)18-7-5-17(6-8-18)21(28)23-25-13-11-24(3)12-14-25/h5-8H,9-14H2,1-4H3,(H,23,28)/p+1. The highest BCUT2D eigenvalue weighted by atomic mass is 16.5. The summed E-state index contributed by atoms with van der Waals surface area (Å²) in [7, 11) is 3.56. The topological polar surface area (TPSA) is 80.9 Å². The highest BCUT2D eigenvalue weighted by Crippen LogP contribution is 2.20. The minimum atomic E-state index is -0.228. The third-order valence-corrected chi connectivity index (χ3v) is 5.50. The smallest absolute Gasteiger partial charge is 0.305 e. The third kappa shape index (κ3) is 5.02. The predicted octanol–water partition coefficient (Wildman–Crippen LogP) is 0.0698. The van der Waals surface area contributed by atoms with Gasteiger partial charge < -0.3 is 9.64 Å². The zero-order valence-corrected chi connectivity index (χ0v) is 17.6. The largest absolute Gasteiger partial charge is 0.469 e. The van der Waals surface area contributed by atoms with Gasteiger partial charge in [0.15, 0.2) is 0 Å². The Hall–Kier alpha value is -2.71. The number of hydrogen-bond acceptors (Lipinski definition) is 5. The number of piperazine rings is 1. The molecule has 1 aromatic carbocycles. The maximum absolute atomic E-state index is 12.5. The van der Waals surface area contributed by atoms with Crippen molar-refractivity contribution >= 4 is 11.9 Å². The van der Waals surface area contributed by atoms with Crippen molar-refractivity contribution in [2.45, 2.75) is 26.7 Å². The number of amides is 1. The number of hydrogen-bond donors (Lipinski definition) is 2. The molecule has 2 aromatic rings. The molecular formula is C21H30N5O3+. The number of aromatic nitrogens is 2. The molecule has 1 fully saturated rings. The van der Waals surface area contributed by atoms with Crippen molar-refractivity contribution < 1.29 is 19.2 Å². The van der Waals surface area contributed by atoms with E-state index in [0.29, 0.717) is 18.4 Å². The number of likely N-dealkylation sites (N-methyl/N-ethyl adjacent to an activating group) is 1. The quantitative estimate of drug-likeness (QED) is 0.671. The molecular weight excluding hydrogens is 370 g/mol. The normalized spacial score (nSPS) is 15.3. The Morgan fingerprint density at radius 3 is 2.45 bits per heavy atom. The maximum atomic E-state index is 12.5. The molecule has 0 saturated carbocycles. The first-order valence-corrected chi connectivity index (χ1v) is 9.98. The Balaban J connectivity index is 1.68. The molecule has 1 aliphatic heterocycles. The number of nitrogens with one attached hydrogen (secondary N) is 2. The lowest BCUT2D eigenvalue weighted by atomic mass is 10.1. The number of ether oxygens (including phenoxy) is 1. The van der Waals surface area contributed by atoms with E-state index in [1.165, 1.54) is 12.0 Å². The molecule has 0 atom stereocenters. The number of hydrazine groups is 1. The number of carbonyl (C=O) groups is 2. The Morgan fingerprint density at radius 1 is 1.17 bits per heavy atom. The summed E-state index contributed by atoms with van der Waals surface area (Å²) in [5.41, 5.74) is 7.42. The van der Waals surface area contributed by atoms with E-state index >= 15 is 0 Å². The summed E-state index contributed by atoms with van der Waals surface area (Å²) in [6.07, 6.45) is 0.925. The van der Waals surface area contributed by atoms with E-state index in [1.54, 1.807) is 0 Å². The molecule has 8 heteroatoms. The summed E-state index contributed by atoms with van der Waals surface area (Å²) in [6, 6.07) is 7.42. The summed E-state index contributed by atoms with van der Waals surface area (Å²) in [5, 5.41) is 6.60. The molecule has 0 unspecified atom stereocenters. The lowest BCUT2D eigenvalue weighted by Crippen LogP contribution is -3.12. The average molecular weight is 401 g/mol. The summed E-state index contributed by atoms with van der Waals surface area (Å²) < 4.78 is 6.58. The van der Waals surface area contributed by atoms with Crippen LogP contribution in [0.5, 0.6) is 0 Å². The second-order valence-corrected chi connectivity index (χ2v) is 7.57. The summed E-state index contributed by atoms with van der Waals surface area (Å²) >= 11 is 0. The van der Waals surface area contributed by atoms with Crippen LogP contribution in [0.3, 0.4) is 0 Å². The Kier molecular flexibility index (Phi) is 6.66. The second-order valence-electron chi connectivity index (χ2n) is 7.57. The van der Waals surface area contributed by atoms with Crippen molar-refractivity contribution in [1.82, 2.24) is 20.2 Å². The van der Waals surface area contributed by atoms with Crippen molar-refractivity contribution in [3.05, 3.63) is 46.8 Å². The van der Waals surface area contributed by atoms with Crippen molar-refractivity contribution in [2.75, 3.05) is 40.3 Å². The molecule has 1 amide bonds. The SMILES string of the molecule is COC(=O)CCc1c(C)nn(-c2ccc(C(=O)NN3CC[NH+](C)CC3)cc2)c1C. The molecule has 2 N–H and O–H groups in total. The van der Waals surface area contributed by atoms with Crippen molar-refractivity contribution in [3.63, 3.8) is 0 Å². The van der Waals surface area contributed by atoms with E-state index in [4.69, 9.17) is 4.74 Å². The van der Waals surface area contributed by atoms with Gasteiger partial charge in [-0.25, -0.2) is 9.69 Å². The molecule has 0 bridgehead atoms. The minimum absolute atomic E-state index is 0.0942. The van der Waals surface area contributed by atoms with Gasteiger partial charge in [-0.3, -0.25) is 15.0 Å².